The Bertz CT molecular complexity index is 222. The van der Waals surface area contributed by atoms with E-state index in [0.29, 0.717) is 0 Å². The summed E-state index contributed by atoms with van der Waals surface area (Å²) in [5.74, 6) is -2.98. The SMILES string of the molecule is CCC(=O)O.CCC(=O)O.CCC(=O)O.CCC(=O)O.[Zr]. The van der Waals surface area contributed by atoms with Gasteiger partial charge in [-0.3, -0.25) is 19.2 Å². The van der Waals surface area contributed by atoms with Gasteiger partial charge in [0.1, 0.15) is 0 Å². The van der Waals surface area contributed by atoms with Crippen LogP contribution in [0.25, 0.3) is 0 Å². The smallest absolute Gasteiger partial charge is 0.303 e. The number of aliphatic carboxylic acids is 4. The van der Waals surface area contributed by atoms with Crippen molar-refractivity contribution in [2.75, 3.05) is 0 Å². The molecule has 124 valence electrons. The summed E-state index contributed by atoms with van der Waals surface area (Å²) in [6.45, 7) is 6.40. The van der Waals surface area contributed by atoms with Crippen LogP contribution in [-0.2, 0) is 45.4 Å². The van der Waals surface area contributed by atoms with Crippen molar-refractivity contribution in [2.45, 2.75) is 53.4 Å². The second-order valence-corrected chi connectivity index (χ2v) is 2.99. The van der Waals surface area contributed by atoms with Crippen molar-refractivity contribution in [2.24, 2.45) is 0 Å². The molecule has 0 heterocycles. The van der Waals surface area contributed by atoms with E-state index >= 15 is 0 Å². The van der Waals surface area contributed by atoms with Crippen molar-refractivity contribution in [3.8, 4) is 0 Å². The number of carbonyl (C=O) groups is 4. The molecule has 0 aliphatic heterocycles. The summed E-state index contributed by atoms with van der Waals surface area (Å²) in [7, 11) is 0. The molecule has 0 amide bonds. The Morgan fingerprint density at radius 2 is 0.571 bits per heavy atom. The van der Waals surface area contributed by atoms with E-state index in [1.807, 2.05) is 0 Å². The van der Waals surface area contributed by atoms with Crippen molar-refractivity contribution in [1.29, 1.82) is 0 Å². The quantitative estimate of drug-likeness (QED) is 0.571. The fraction of sp³-hybridized carbons (Fsp3) is 0.667. The molecule has 0 fully saturated rings. The first-order valence-electron chi connectivity index (χ1n) is 5.95. The molecule has 0 unspecified atom stereocenters. The first kappa shape index (κ1) is 31.9. The Morgan fingerprint density at radius 3 is 0.571 bits per heavy atom. The summed E-state index contributed by atoms with van der Waals surface area (Å²) in [5.41, 5.74) is 0. The summed E-state index contributed by atoms with van der Waals surface area (Å²) in [6, 6.07) is 0. The van der Waals surface area contributed by atoms with Gasteiger partial charge in [-0.15, -0.1) is 0 Å². The van der Waals surface area contributed by atoms with E-state index in [-0.39, 0.29) is 51.9 Å². The summed E-state index contributed by atoms with van der Waals surface area (Å²) in [5, 5.41) is 30.9. The Labute approximate surface area is 143 Å². The topological polar surface area (TPSA) is 149 Å². The Morgan fingerprint density at radius 1 is 0.524 bits per heavy atom. The number of hydrogen-bond acceptors (Lipinski definition) is 4. The molecular formula is C12H24O8Zr. The average Bonchev–Trinajstić information content (AvgIpc) is 2.40. The number of carboxylic acid groups (broad SMARTS) is 4. The van der Waals surface area contributed by atoms with Gasteiger partial charge in [0.05, 0.1) is 0 Å². The van der Waals surface area contributed by atoms with Crippen LogP contribution < -0.4 is 0 Å². The first-order valence-corrected chi connectivity index (χ1v) is 5.95. The van der Waals surface area contributed by atoms with E-state index in [1.165, 1.54) is 0 Å². The zero-order valence-corrected chi connectivity index (χ0v) is 15.2. The molecule has 0 aromatic carbocycles. The van der Waals surface area contributed by atoms with Crippen LogP contribution in [0.2, 0.25) is 0 Å². The monoisotopic (exact) mass is 386 g/mol. The van der Waals surface area contributed by atoms with E-state index in [2.05, 4.69) is 0 Å². The molecule has 0 aromatic heterocycles. The summed E-state index contributed by atoms with van der Waals surface area (Å²) in [4.78, 5) is 37.5. The third-order valence-electron chi connectivity index (χ3n) is 1.21. The minimum atomic E-state index is -0.745. The van der Waals surface area contributed by atoms with Gasteiger partial charge >= 0.3 is 23.9 Å². The molecule has 0 aliphatic carbocycles. The van der Waals surface area contributed by atoms with Gasteiger partial charge in [-0.05, 0) is 0 Å². The maximum atomic E-state index is 9.37. The molecule has 0 spiro atoms. The van der Waals surface area contributed by atoms with Crippen molar-refractivity contribution in [1.82, 2.24) is 0 Å². The normalized spacial score (nSPS) is 7.05. The molecule has 0 aliphatic rings. The second kappa shape index (κ2) is 27.2. The van der Waals surface area contributed by atoms with Crippen LogP contribution >= 0.6 is 0 Å². The molecule has 0 aromatic rings. The fourth-order valence-corrected chi connectivity index (χ4v) is 0. The molecular weight excluding hydrogens is 363 g/mol. The minimum absolute atomic E-state index is 0. The molecule has 0 radical (unpaired) electrons. The van der Waals surface area contributed by atoms with E-state index in [0.717, 1.165) is 0 Å². The average molecular weight is 388 g/mol. The standard InChI is InChI=1S/4C3H6O2.Zr/c4*1-2-3(4)5;/h4*2H2,1H3,(H,4,5);. The molecule has 0 saturated heterocycles. The maximum absolute atomic E-state index is 9.37. The number of carboxylic acids is 4. The molecule has 8 nitrogen and oxygen atoms in total. The summed E-state index contributed by atoms with van der Waals surface area (Å²) < 4.78 is 0. The van der Waals surface area contributed by atoms with Crippen molar-refractivity contribution < 1.29 is 65.8 Å². The molecule has 0 rings (SSSR count). The van der Waals surface area contributed by atoms with Gasteiger partial charge in [0.2, 0.25) is 0 Å². The van der Waals surface area contributed by atoms with Crippen LogP contribution in [0.3, 0.4) is 0 Å². The molecule has 0 saturated carbocycles. The van der Waals surface area contributed by atoms with Crippen LogP contribution in [0.15, 0.2) is 0 Å². The zero-order valence-electron chi connectivity index (χ0n) is 12.8. The van der Waals surface area contributed by atoms with Gasteiger partial charge in [-0.1, -0.05) is 27.7 Å². The Balaban J connectivity index is -0.0000000533. The summed E-state index contributed by atoms with van der Waals surface area (Å²) >= 11 is 0. The molecule has 21 heavy (non-hydrogen) atoms. The molecule has 0 bridgehead atoms. The van der Waals surface area contributed by atoms with Crippen LogP contribution in [0.5, 0.6) is 0 Å². The van der Waals surface area contributed by atoms with Crippen LogP contribution in [0.4, 0.5) is 0 Å². The largest absolute Gasteiger partial charge is 0.481 e. The Hall–Kier alpha value is -1.24. The van der Waals surface area contributed by atoms with E-state index < -0.39 is 23.9 Å². The van der Waals surface area contributed by atoms with Crippen molar-refractivity contribution in [3.05, 3.63) is 0 Å². The van der Waals surface area contributed by atoms with Gasteiger partial charge in [-0.25, -0.2) is 0 Å². The van der Waals surface area contributed by atoms with E-state index in [4.69, 9.17) is 20.4 Å². The van der Waals surface area contributed by atoms with Crippen molar-refractivity contribution >= 4 is 23.9 Å². The predicted octanol–water partition coefficient (Wildman–Crippen LogP) is 1.92. The molecule has 9 heteroatoms. The number of hydrogen-bond donors (Lipinski definition) is 4. The van der Waals surface area contributed by atoms with Gasteiger partial charge in [0, 0.05) is 51.9 Å². The van der Waals surface area contributed by atoms with Crippen molar-refractivity contribution in [3.63, 3.8) is 0 Å². The van der Waals surface area contributed by atoms with Crippen LogP contribution in [-0.4, -0.2) is 44.3 Å². The minimum Gasteiger partial charge on any atom is -0.481 e. The first-order chi connectivity index (χ1) is 9.08. The van der Waals surface area contributed by atoms with Gasteiger partial charge in [0.25, 0.3) is 0 Å². The predicted molar refractivity (Wildman–Crippen MR) is 71.7 cm³/mol. The maximum Gasteiger partial charge on any atom is 0.303 e. The fourth-order valence-electron chi connectivity index (χ4n) is 0. The van der Waals surface area contributed by atoms with E-state index in [9.17, 15) is 19.2 Å². The van der Waals surface area contributed by atoms with Gasteiger partial charge in [0.15, 0.2) is 0 Å². The van der Waals surface area contributed by atoms with Gasteiger partial charge < -0.3 is 20.4 Å². The van der Waals surface area contributed by atoms with Crippen LogP contribution in [0, 0.1) is 0 Å². The molecule has 4 N–H and O–H groups in total. The third-order valence-corrected chi connectivity index (χ3v) is 1.21. The number of rotatable bonds is 4. The van der Waals surface area contributed by atoms with Crippen LogP contribution in [0.1, 0.15) is 53.4 Å². The van der Waals surface area contributed by atoms with Gasteiger partial charge in [-0.2, -0.15) is 0 Å². The Kier molecular flexibility index (Phi) is 41.3. The zero-order chi connectivity index (χ0) is 17.1. The van der Waals surface area contributed by atoms with E-state index in [1.54, 1.807) is 27.7 Å². The third kappa shape index (κ3) is 115. The second-order valence-electron chi connectivity index (χ2n) is 2.99. The summed E-state index contributed by atoms with van der Waals surface area (Å²) in [6.07, 6.45) is 0.889. The molecule has 0 atom stereocenters.